The van der Waals surface area contributed by atoms with Crippen molar-refractivity contribution in [2.75, 3.05) is 0 Å². The highest BCUT2D eigenvalue weighted by atomic mass is 32.2. The molecule has 0 saturated heterocycles. The van der Waals surface area contributed by atoms with Gasteiger partial charge in [0.05, 0.1) is 16.2 Å². The zero-order chi connectivity index (χ0) is 19.9. The summed E-state index contributed by atoms with van der Waals surface area (Å²) in [6, 6.07) is 13.9. The van der Waals surface area contributed by atoms with Crippen LogP contribution in [0.3, 0.4) is 0 Å². The molecule has 0 N–H and O–H groups in total. The molecular formula is C20H16FN3O3S. The number of halogens is 1. The van der Waals surface area contributed by atoms with Crippen molar-refractivity contribution in [2.24, 2.45) is 0 Å². The number of benzene rings is 2. The second-order valence-corrected chi connectivity index (χ2v) is 8.16. The first kappa shape index (κ1) is 18.1. The molecule has 142 valence electrons. The first-order valence-electron chi connectivity index (χ1n) is 8.47. The van der Waals surface area contributed by atoms with Crippen LogP contribution in [-0.2, 0) is 10.0 Å². The maximum absolute atomic E-state index is 13.2. The molecule has 0 radical (unpaired) electrons. The van der Waals surface area contributed by atoms with Crippen LogP contribution in [0, 0.1) is 19.7 Å². The standard InChI is InChI=1S/C20H16FN3O3S/c1-13-3-9-17(10-4-13)28(25,26)24-12-11-18(22-24)19-14(2)27-23-20(19)15-5-7-16(21)8-6-15/h3-12H,1-2H3. The van der Waals surface area contributed by atoms with E-state index in [9.17, 15) is 12.8 Å². The van der Waals surface area contributed by atoms with E-state index in [1.54, 1.807) is 49.4 Å². The summed E-state index contributed by atoms with van der Waals surface area (Å²) in [4.78, 5) is 0.147. The van der Waals surface area contributed by atoms with Gasteiger partial charge in [0.15, 0.2) is 0 Å². The Morgan fingerprint density at radius 3 is 2.32 bits per heavy atom. The van der Waals surface area contributed by atoms with Crippen LogP contribution in [0.4, 0.5) is 4.39 Å². The molecule has 6 nitrogen and oxygen atoms in total. The van der Waals surface area contributed by atoms with E-state index < -0.39 is 10.0 Å². The summed E-state index contributed by atoms with van der Waals surface area (Å²) in [7, 11) is -3.82. The van der Waals surface area contributed by atoms with Gasteiger partial charge in [-0.2, -0.15) is 17.6 Å². The van der Waals surface area contributed by atoms with Crippen LogP contribution in [0.15, 0.2) is 70.2 Å². The van der Waals surface area contributed by atoms with Crippen LogP contribution in [0.1, 0.15) is 11.3 Å². The zero-order valence-electron chi connectivity index (χ0n) is 15.1. The molecule has 0 amide bonds. The summed E-state index contributed by atoms with van der Waals surface area (Å²) in [5, 5.41) is 8.28. The van der Waals surface area contributed by atoms with E-state index >= 15 is 0 Å². The minimum atomic E-state index is -3.82. The lowest BCUT2D eigenvalue weighted by atomic mass is 10.0. The molecule has 0 bridgehead atoms. The molecule has 4 aromatic rings. The fraction of sp³-hybridized carbons (Fsp3) is 0.100. The zero-order valence-corrected chi connectivity index (χ0v) is 15.9. The van der Waals surface area contributed by atoms with Crippen molar-refractivity contribution < 1.29 is 17.3 Å². The highest BCUT2D eigenvalue weighted by Crippen LogP contribution is 2.33. The van der Waals surface area contributed by atoms with E-state index in [0.29, 0.717) is 28.3 Å². The maximum Gasteiger partial charge on any atom is 0.282 e. The summed E-state index contributed by atoms with van der Waals surface area (Å²) in [6.07, 6.45) is 1.38. The highest BCUT2D eigenvalue weighted by molar-refractivity contribution is 7.89. The predicted octanol–water partition coefficient (Wildman–Crippen LogP) is 4.20. The van der Waals surface area contributed by atoms with E-state index in [1.807, 2.05) is 6.92 Å². The van der Waals surface area contributed by atoms with Crippen LogP contribution < -0.4 is 0 Å². The van der Waals surface area contributed by atoms with Gasteiger partial charge in [-0.1, -0.05) is 22.9 Å². The van der Waals surface area contributed by atoms with Crippen molar-refractivity contribution in [3.05, 3.63) is 77.9 Å². The molecular weight excluding hydrogens is 381 g/mol. The van der Waals surface area contributed by atoms with Crippen LogP contribution in [0.2, 0.25) is 0 Å². The Bertz CT molecular complexity index is 1240. The lowest BCUT2D eigenvalue weighted by Gasteiger charge is -2.05. The molecule has 0 spiro atoms. The maximum atomic E-state index is 13.2. The molecule has 8 heteroatoms. The average molecular weight is 397 g/mol. The molecule has 0 unspecified atom stereocenters. The third-order valence-corrected chi connectivity index (χ3v) is 5.93. The quantitative estimate of drug-likeness (QED) is 0.516. The molecule has 2 aromatic carbocycles. The predicted molar refractivity (Wildman–Crippen MR) is 102 cm³/mol. The molecule has 0 saturated carbocycles. The SMILES string of the molecule is Cc1ccc(S(=O)(=O)n2ccc(-c3c(-c4ccc(F)cc4)noc3C)n2)cc1. The van der Waals surface area contributed by atoms with E-state index in [4.69, 9.17) is 4.52 Å². The topological polar surface area (TPSA) is 78.0 Å². The second-order valence-electron chi connectivity index (χ2n) is 6.36. The lowest BCUT2D eigenvalue weighted by molar-refractivity contribution is 0.400. The summed E-state index contributed by atoms with van der Waals surface area (Å²) in [6.45, 7) is 3.59. The minimum Gasteiger partial charge on any atom is -0.360 e. The van der Waals surface area contributed by atoms with Crippen molar-refractivity contribution in [3.63, 3.8) is 0 Å². The first-order valence-corrected chi connectivity index (χ1v) is 9.91. The first-order chi connectivity index (χ1) is 13.4. The van der Waals surface area contributed by atoms with Crippen molar-refractivity contribution in [3.8, 4) is 22.5 Å². The summed E-state index contributed by atoms with van der Waals surface area (Å²) >= 11 is 0. The van der Waals surface area contributed by atoms with Crippen molar-refractivity contribution >= 4 is 10.0 Å². The fourth-order valence-electron chi connectivity index (χ4n) is 2.87. The monoisotopic (exact) mass is 397 g/mol. The molecule has 2 heterocycles. The third-order valence-electron chi connectivity index (χ3n) is 4.37. The van der Waals surface area contributed by atoms with E-state index in [0.717, 1.165) is 9.65 Å². The normalized spacial score (nSPS) is 11.7. The number of hydrogen-bond acceptors (Lipinski definition) is 5. The number of aromatic nitrogens is 3. The molecule has 0 atom stereocenters. The van der Waals surface area contributed by atoms with E-state index in [1.165, 1.54) is 18.3 Å². The van der Waals surface area contributed by atoms with Crippen molar-refractivity contribution in [1.29, 1.82) is 0 Å². The van der Waals surface area contributed by atoms with Crippen molar-refractivity contribution in [2.45, 2.75) is 18.7 Å². The Balaban J connectivity index is 1.77. The van der Waals surface area contributed by atoms with Crippen LogP contribution in [0.5, 0.6) is 0 Å². The highest BCUT2D eigenvalue weighted by Gasteiger charge is 2.22. The van der Waals surface area contributed by atoms with Gasteiger partial charge in [0.2, 0.25) is 0 Å². The Morgan fingerprint density at radius 2 is 1.64 bits per heavy atom. The molecule has 28 heavy (non-hydrogen) atoms. The molecule has 0 aliphatic rings. The molecule has 0 aliphatic carbocycles. The van der Waals surface area contributed by atoms with Gasteiger partial charge in [-0.05, 0) is 56.3 Å². The molecule has 0 fully saturated rings. The fourth-order valence-corrected chi connectivity index (χ4v) is 3.98. The van der Waals surface area contributed by atoms with Crippen LogP contribution in [0.25, 0.3) is 22.5 Å². The van der Waals surface area contributed by atoms with Gasteiger partial charge >= 0.3 is 0 Å². The molecule has 4 rings (SSSR count). The Morgan fingerprint density at radius 1 is 0.964 bits per heavy atom. The van der Waals surface area contributed by atoms with Gasteiger partial charge in [0.25, 0.3) is 10.0 Å². The Labute approximate surface area is 161 Å². The van der Waals surface area contributed by atoms with Crippen LogP contribution >= 0.6 is 0 Å². The molecule has 0 aliphatic heterocycles. The van der Waals surface area contributed by atoms with Crippen LogP contribution in [-0.4, -0.2) is 22.8 Å². The van der Waals surface area contributed by atoms with Gasteiger partial charge in [-0.15, -0.1) is 0 Å². The van der Waals surface area contributed by atoms with Gasteiger partial charge in [0, 0.05) is 11.8 Å². The Kier molecular flexibility index (Phi) is 4.35. The second kappa shape index (κ2) is 6.72. The number of rotatable bonds is 4. The summed E-state index contributed by atoms with van der Waals surface area (Å²) < 4.78 is 45.1. The van der Waals surface area contributed by atoms with Gasteiger partial charge in [-0.25, -0.2) is 4.39 Å². The third kappa shape index (κ3) is 3.11. The summed E-state index contributed by atoms with van der Waals surface area (Å²) in [5.74, 6) is 0.122. The lowest BCUT2D eigenvalue weighted by Crippen LogP contribution is -2.13. The van der Waals surface area contributed by atoms with E-state index in [2.05, 4.69) is 10.3 Å². The number of aryl methyl sites for hydroxylation is 2. The van der Waals surface area contributed by atoms with Crippen molar-refractivity contribution in [1.82, 2.24) is 14.3 Å². The van der Waals surface area contributed by atoms with Gasteiger partial charge in [-0.3, -0.25) is 0 Å². The van der Waals surface area contributed by atoms with Gasteiger partial charge in [0.1, 0.15) is 17.3 Å². The smallest absolute Gasteiger partial charge is 0.282 e. The number of hydrogen-bond donors (Lipinski definition) is 0. The minimum absolute atomic E-state index is 0.147. The van der Waals surface area contributed by atoms with Gasteiger partial charge < -0.3 is 4.52 Å². The molecule has 2 aromatic heterocycles. The Hall–Kier alpha value is -3.26. The number of nitrogens with zero attached hydrogens (tertiary/aromatic N) is 3. The van der Waals surface area contributed by atoms with E-state index in [-0.39, 0.29) is 10.7 Å². The summed E-state index contributed by atoms with van der Waals surface area (Å²) in [5.41, 5.74) is 3.03. The average Bonchev–Trinajstić information content (AvgIpc) is 3.30. The largest absolute Gasteiger partial charge is 0.360 e.